The van der Waals surface area contributed by atoms with Crippen molar-refractivity contribution in [2.75, 3.05) is 0 Å². The smallest absolute Gasteiger partial charge is 0.0808 e. The number of benzene rings is 2. The van der Waals surface area contributed by atoms with E-state index in [4.69, 9.17) is 0 Å². The Labute approximate surface area is 312 Å². The Balaban J connectivity index is 1.31. The molecule has 7 aliphatic carbocycles. The third-order valence-electron chi connectivity index (χ3n) is 17.3. The van der Waals surface area contributed by atoms with Crippen LogP contribution in [0.4, 0.5) is 0 Å². The van der Waals surface area contributed by atoms with Gasteiger partial charge in [0, 0.05) is 0 Å². The van der Waals surface area contributed by atoms with Gasteiger partial charge in [-0.3, -0.25) is 0 Å². The molecule has 2 aromatic rings. The lowest BCUT2D eigenvalue weighted by atomic mass is 9.48. The molecule has 7 aliphatic rings. The summed E-state index contributed by atoms with van der Waals surface area (Å²) in [5.41, 5.74) is 6.27. The van der Waals surface area contributed by atoms with E-state index >= 15 is 0 Å². The molecule has 0 amide bonds. The maximum absolute atomic E-state index is 3.01. The summed E-state index contributed by atoms with van der Waals surface area (Å²) in [6.07, 6.45) is 26.9. The molecule has 0 spiro atoms. The van der Waals surface area contributed by atoms with Gasteiger partial charge in [0.2, 0.25) is 0 Å². The zero-order valence-electron chi connectivity index (χ0n) is 33.2. The highest BCUT2D eigenvalue weighted by atomic mass is 28.3. The zero-order chi connectivity index (χ0) is 35.6. The van der Waals surface area contributed by atoms with Crippen LogP contribution in [-0.2, 0) is 0 Å². The van der Waals surface area contributed by atoms with Gasteiger partial charge in [0.05, 0.1) is 0 Å². The maximum Gasteiger partial charge on any atom is 0.125 e. The first-order valence-electron chi connectivity index (χ1n) is 21.2. The summed E-state index contributed by atoms with van der Waals surface area (Å²) in [7, 11) is -2.41. The molecule has 9 atom stereocenters. The molecule has 5 saturated carbocycles. The van der Waals surface area contributed by atoms with Crippen LogP contribution in [0.3, 0.4) is 0 Å². The quantitative estimate of drug-likeness (QED) is 0.280. The molecule has 1 heteroatoms. The predicted octanol–water partition coefficient (Wildman–Crippen LogP) is 12.2. The lowest BCUT2D eigenvalue weighted by molar-refractivity contribution is -0.0755. The van der Waals surface area contributed by atoms with Crippen LogP contribution in [0.2, 0.25) is 11.1 Å². The molecule has 9 unspecified atom stereocenters. The molecule has 2 aromatic carbocycles. The van der Waals surface area contributed by atoms with Crippen molar-refractivity contribution in [2.24, 2.45) is 69.0 Å². The van der Waals surface area contributed by atoms with Crippen molar-refractivity contribution in [3.63, 3.8) is 0 Å². The van der Waals surface area contributed by atoms with E-state index in [1.54, 1.807) is 21.5 Å². The normalized spacial score (nSPS) is 39.5. The van der Waals surface area contributed by atoms with E-state index in [9.17, 15) is 0 Å². The minimum absolute atomic E-state index is 0.240. The lowest BCUT2D eigenvalue weighted by Gasteiger charge is -2.58. The van der Waals surface area contributed by atoms with Gasteiger partial charge in [-0.2, -0.15) is 0 Å². The number of rotatable bonds is 4. The van der Waals surface area contributed by atoms with Crippen LogP contribution in [0.25, 0.3) is 0 Å². The average molecular weight is 695 g/mol. The monoisotopic (exact) mass is 694 g/mol. The van der Waals surface area contributed by atoms with Crippen molar-refractivity contribution >= 4 is 18.4 Å². The molecule has 0 aromatic heterocycles. The van der Waals surface area contributed by atoms with Crippen molar-refractivity contribution in [1.82, 2.24) is 0 Å². The van der Waals surface area contributed by atoms with E-state index in [2.05, 4.69) is 153 Å². The van der Waals surface area contributed by atoms with Gasteiger partial charge in [0.15, 0.2) is 0 Å². The number of fused-ring (bicyclic) bond motifs is 6. The second kappa shape index (κ2) is 11.8. The second-order valence-corrected chi connectivity index (χ2v) is 25.8. The predicted molar refractivity (Wildman–Crippen MR) is 220 cm³/mol. The van der Waals surface area contributed by atoms with Crippen molar-refractivity contribution in [1.29, 1.82) is 0 Å². The van der Waals surface area contributed by atoms with Crippen LogP contribution < -0.4 is 10.4 Å². The highest BCUT2D eigenvalue weighted by Gasteiger charge is 2.67. The van der Waals surface area contributed by atoms with Crippen molar-refractivity contribution < 1.29 is 0 Å². The Kier molecular flexibility index (Phi) is 7.96. The molecule has 0 saturated heterocycles. The van der Waals surface area contributed by atoms with Crippen LogP contribution in [-0.4, -0.2) is 8.07 Å². The van der Waals surface area contributed by atoms with Crippen molar-refractivity contribution in [3.05, 3.63) is 108 Å². The van der Waals surface area contributed by atoms with Crippen LogP contribution in [0.5, 0.6) is 0 Å². The first kappa shape index (κ1) is 34.4. The number of hydrogen-bond donors (Lipinski definition) is 0. The fraction of sp³-hybridized carbons (Fsp3) is 0.600. The molecule has 0 radical (unpaired) electrons. The third kappa shape index (κ3) is 5.16. The van der Waals surface area contributed by atoms with Crippen LogP contribution in [0, 0.1) is 69.0 Å². The molecule has 5 fully saturated rings. The summed E-state index contributed by atoms with van der Waals surface area (Å²) in [6, 6.07) is 24.7. The Morgan fingerprint density at radius 3 is 1.45 bits per heavy atom. The molecule has 51 heavy (non-hydrogen) atoms. The van der Waals surface area contributed by atoms with E-state index in [0.717, 1.165) is 29.2 Å². The SMILES string of the molecule is CC1(C)CCC(C)(C)C2=CC3C(C=C21)C1CC2C(CC1C3[Si](c1ccccc1)(c1ccccc1)C1CC3C=CC=CC3C1)C(C)(C)CCC2(C)C. The number of hydrogen-bond acceptors (Lipinski definition) is 0. The Bertz CT molecular complexity index is 1700. The van der Waals surface area contributed by atoms with E-state index in [0.29, 0.717) is 40.0 Å². The summed E-state index contributed by atoms with van der Waals surface area (Å²) in [5, 5.41) is 3.47. The molecule has 0 N–H and O–H groups in total. The maximum atomic E-state index is 3.01. The van der Waals surface area contributed by atoms with Gasteiger partial charge < -0.3 is 0 Å². The van der Waals surface area contributed by atoms with Crippen LogP contribution in [0.1, 0.15) is 107 Å². The highest BCUT2D eigenvalue weighted by molar-refractivity contribution is 7.04. The molecular formula is C50H66Si. The molecule has 0 heterocycles. The topological polar surface area (TPSA) is 0 Å². The summed E-state index contributed by atoms with van der Waals surface area (Å²) in [5.74, 6) is 5.87. The van der Waals surface area contributed by atoms with E-state index in [1.807, 2.05) is 0 Å². The van der Waals surface area contributed by atoms with Gasteiger partial charge in [0.25, 0.3) is 0 Å². The fourth-order valence-corrected chi connectivity index (χ4v) is 21.8. The Morgan fingerprint density at radius 1 is 0.510 bits per heavy atom. The summed E-state index contributed by atoms with van der Waals surface area (Å²) in [6.45, 7) is 21.0. The third-order valence-corrected chi connectivity index (χ3v) is 23.5. The second-order valence-electron chi connectivity index (χ2n) is 21.5. The Morgan fingerprint density at radius 2 is 0.961 bits per heavy atom. The van der Waals surface area contributed by atoms with Gasteiger partial charge in [-0.25, -0.2) is 0 Å². The van der Waals surface area contributed by atoms with E-state index < -0.39 is 8.07 Å². The van der Waals surface area contributed by atoms with E-state index in [1.165, 1.54) is 51.4 Å². The summed E-state index contributed by atoms with van der Waals surface area (Å²) >= 11 is 0. The molecule has 0 nitrogen and oxygen atoms in total. The number of allylic oxidation sites excluding steroid dienone is 8. The minimum atomic E-state index is -2.41. The van der Waals surface area contributed by atoms with Crippen molar-refractivity contribution in [3.8, 4) is 0 Å². The summed E-state index contributed by atoms with van der Waals surface area (Å²) < 4.78 is 0. The largest absolute Gasteiger partial charge is 0.125 e. The highest BCUT2D eigenvalue weighted by Crippen LogP contribution is 2.71. The van der Waals surface area contributed by atoms with Crippen molar-refractivity contribution in [2.45, 2.75) is 118 Å². The van der Waals surface area contributed by atoms with Gasteiger partial charge in [-0.15, -0.1) is 0 Å². The van der Waals surface area contributed by atoms with E-state index in [-0.39, 0.29) is 10.8 Å². The molecule has 270 valence electrons. The van der Waals surface area contributed by atoms with Gasteiger partial charge in [-0.05, 0) is 143 Å². The molecule has 0 bridgehead atoms. The minimum Gasteiger partial charge on any atom is -0.0808 e. The first-order chi connectivity index (χ1) is 24.2. The average Bonchev–Trinajstić information content (AvgIpc) is 3.69. The zero-order valence-corrected chi connectivity index (χ0v) is 34.2. The first-order valence-corrected chi connectivity index (χ1v) is 23.3. The van der Waals surface area contributed by atoms with Crippen LogP contribution in [0.15, 0.2) is 108 Å². The van der Waals surface area contributed by atoms with Gasteiger partial charge in [0.1, 0.15) is 8.07 Å². The molecular weight excluding hydrogens is 629 g/mol. The summed E-state index contributed by atoms with van der Waals surface area (Å²) in [4.78, 5) is 0. The standard InChI is InChI=1S/C50H66Si/c1-47(2)23-25-49(5,6)44-31-40-38(29-42(44)47)39-30-43-45(50(7,8)26-24-48(43,3)4)32-41(39)46(40)51(35-19-11-9-12-20-35,36-21-13-10-14-22-36)37-27-33-17-15-16-18-34(33)28-37/h9-22,29,31,33-34,37-41,43,45-46H,23-28,30,32H2,1-8H3. The molecule has 0 aliphatic heterocycles. The lowest BCUT2D eigenvalue weighted by Crippen LogP contribution is -2.66. The van der Waals surface area contributed by atoms with Gasteiger partial charge in [-0.1, -0.05) is 163 Å². The fourth-order valence-electron chi connectivity index (χ4n) is 14.5. The van der Waals surface area contributed by atoms with Gasteiger partial charge >= 0.3 is 0 Å². The molecule has 9 rings (SSSR count). The Hall–Kier alpha value is -2.38. The van der Waals surface area contributed by atoms with Crippen LogP contribution >= 0.6 is 0 Å².